The topological polar surface area (TPSA) is 48.5 Å². The van der Waals surface area contributed by atoms with E-state index >= 15 is 0 Å². The Kier molecular flexibility index (Phi) is 7.91. The van der Waals surface area contributed by atoms with Crippen LogP contribution in [0.25, 0.3) is 132 Å². The number of rotatable bonds is 5. The molecule has 0 bridgehead atoms. The van der Waals surface area contributed by atoms with Gasteiger partial charge in [0.15, 0.2) is 17.5 Å². The molecule has 3 aromatic heterocycles. The highest BCUT2D eigenvalue weighted by molar-refractivity contribution is 6.23. The third-order valence-electron chi connectivity index (χ3n) is 13.5. The Bertz CT molecular complexity index is 4290. The molecule has 0 aliphatic carbocycles. The first kappa shape index (κ1) is 36.5. The number of hydrogen-bond acceptors (Lipinski definition) is 3. The summed E-state index contributed by atoms with van der Waals surface area (Å²) in [6.45, 7) is 0. The van der Waals surface area contributed by atoms with Crippen LogP contribution in [0.3, 0.4) is 0 Å². The maximum absolute atomic E-state index is 5.45. The molecule has 0 fully saturated rings. The molecule has 11 aromatic carbocycles. The minimum atomic E-state index is 0.605. The summed E-state index contributed by atoms with van der Waals surface area (Å²) in [7, 11) is 0. The molecule has 0 aliphatic heterocycles. The van der Waals surface area contributed by atoms with Gasteiger partial charge in [0.05, 0.1) is 33.4 Å². The van der Waals surface area contributed by atoms with E-state index in [0.29, 0.717) is 17.5 Å². The van der Waals surface area contributed by atoms with Crippen molar-refractivity contribution in [3.63, 3.8) is 0 Å². The largest absolute Gasteiger partial charge is 0.309 e. The average molecular weight is 840 g/mol. The number of para-hydroxylation sites is 2. The second-order valence-electron chi connectivity index (χ2n) is 17.1. The fourth-order valence-corrected chi connectivity index (χ4v) is 10.6. The van der Waals surface area contributed by atoms with Crippen molar-refractivity contribution in [2.45, 2.75) is 0 Å². The van der Waals surface area contributed by atoms with Crippen molar-refractivity contribution in [3.8, 4) is 45.5 Å². The lowest BCUT2D eigenvalue weighted by Gasteiger charge is -2.16. The van der Waals surface area contributed by atoms with Crippen LogP contribution in [-0.4, -0.2) is 24.1 Å². The van der Waals surface area contributed by atoms with Crippen LogP contribution >= 0.6 is 0 Å². The molecular weight excluding hydrogens is 803 g/mol. The Hall–Kier alpha value is -8.93. The molecule has 0 amide bonds. The monoisotopic (exact) mass is 839 g/mol. The van der Waals surface area contributed by atoms with Crippen LogP contribution in [0, 0.1) is 0 Å². The molecule has 66 heavy (non-hydrogen) atoms. The minimum absolute atomic E-state index is 0.605. The molecule has 5 heteroatoms. The molecule has 0 atom stereocenters. The lowest BCUT2D eigenvalue weighted by atomic mass is 9.97. The summed E-state index contributed by atoms with van der Waals surface area (Å²) in [5.74, 6) is 1.86. The van der Waals surface area contributed by atoms with E-state index in [4.69, 9.17) is 15.0 Å². The molecule has 3 heterocycles. The average Bonchev–Trinajstić information content (AvgIpc) is 3.90. The SMILES string of the molecule is c1ccc(-c2nc(-c3ccccc3-n3c4cc5ccccc5cc4c4c(-n5c6ccccc6c6c7ccccc7ccc65)cccc43)nc(-c3cc4ccccc4c4ccccc34)n2)cc1. The van der Waals surface area contributed by atoms with Crippen LogP contribution in [0.2, 0.25) is 0 Å². The van der Waals surface area contributed by atoms with E-state index in [1.54, 1.807) is 0 Å². The maximum atomic E-state index is 5.45. The molecule has 0 spiro atoms. The number of aromatic nitrogens is 5. The first-order valence-corrected chi connectivity index (χ1v) is 22.4. The highest BCUT2D eigenvalue weighted by atomic mass is 15.1. The smallest absolute Gasteiger partial charge is 0.166 e. The molecule has 0 aliphatic rings. The first-order valence-electron chi connectivity index (χ1n) is 22.4. The van der Waals surface area contributed by atoms with Gasteiger partial charge in [-0.15, -0.1) is 0 Å². The zero-order valence-electron chi connectivity index (χ0n) is 35.6. The molecule has 14 aromatic rings. The van der Waals surface area contributed by atoms with E-state index in [9.17, 15) is 0 Å². The fourth-order valence-electron chi connectivity index (χ4n) is 10.6. The summed E-state index contributed by atoms with van der Waals surface area (Å²) in [6.07, 6.45) is 0. The van der Waals surface area contributed by atoms with E-state index in [-0.39, 0.29) is 0 Å². The van der Waals surface area contributed by atoms with Crippen LogP contribution in [0.4, 0.5) is 0 Å². The standard InChI is InChI=1S/C61H37N5/c1-2-18-39(19-3-1)59-62-60(64-61(63-59)49-36-42-22-7-8-23-43(42)45-25-10-11-26-46(45)49)48-28-13-15-30-52(48)66-54-32-16-31-53(58(54)50-35-40-20-4-5-21-41(40)37-56(50)66)65-51-29-14-12-27-47(51)57-44-24-9-6-17-38(44)33-34-55(57)65/h1-37H. The fraction of sp³-hybridized carbons (Fsp3) is 0. The lowest BCUT2D eigenvalue weighted by Crippen LogP contribution is -2.04. The number of benzene rings is 11. The Morgan fingerprint density at radius 2 is 0.818 bits per heavy atom. The minimum Gasteiger partial charge on any atom is -0.309 e. The first-order chi connectivity index (χ1) is 32.7. The van der Waals surface area contributed by atoms with Gasteiger partial charge in [-0.2, -0.15) is 0 Å². The number of fused-ring (bicyclic) bond motifs is 12. The third kappa shape index (κ3) is 5.44. The van der Waals surface area contributed by atoms with Gasteiger partial charge in [-0.05, 0) is 97.7 Å². The van der Waals surface area contributed by atoms with E-state index in [0.717, 1.165) is 49.9 Å². The Morgan fingerprint density at radius 1 is 0.258 bits per heavy atom. The van der Waals surface area contributed by atoms with Gasteiger partial charge in [-0.3, -0.25) is 0 Å². The Balaban J connectivity index is 1.07. The van der Waals surface area contributed by atoms with Crippen molar-refractivity contribution in [2.75, 3.05) is 0 Å². The molecule has 0 unspecified atom stereocenters. The summed E-state index contributed by atoms with van der Waals surface area (Å²) in [5.41, 5.74) is 9.46. The molecule has 0 radical (unpaired) electrons. The lowest BCUT2D eigenvalue weighted by molar-refractivity contribution is 1.07. The predicted octanol–water partition coefficient (Wildman–Crippen LogP) is 15.7. The van der Waals surface area contributed by atoms with Crippen LogP contribution in [-0.2, 0) is 0 Å². The van der Waals surface area contributed by atoms with Gasteiger partial charge in [0.25, 0.3) is 0 Å². The van der Waals surface area contributed by atoms with Crippen molar-refractivity contribution in [2.24, 2.45) is 0 Å². The van der Waals surface area contributed by atoms with Crippen molar-refractivity contribution in [1.29, 1.82) is 0 Å². The summed E-state index contributed by atoms with van der Waals surface area (Å²) >= 11 is 0. The van der Waals surface area contributed by atoms with Gasteiger partial charge < -0.3 is 9.13 Å². The highest BCUT2D eigenvalue weighted by Gasteiger charge is 2.24. The highest BCUT2D eigenvalue weighted by Crippen LogP contribution is 2.44. The quantitative estimate of drug-likeness (QED) is 0.162. The van der Waals surface area contributed by atoms with Gasteiger partial charge >= 0.3 is 0 Å². The second-order valence-corrected chi connectivity index (χ2v) is 17.1. The molecule has 306 valence electrons. The van der Waals surface area contributed by atoms with Gasteiger partial charge in [-0.1, -0.05) is 170 Å². The predicted molar refractivity (Wildman–Crippen MR) is 275 cm³/mol. The van der Waals surface area contributed by atoms with Crippen molar-refractivity contribution < 1.29 is 0 Å². The van der Waals surface area contributed by atoms with E-state index in [1.165, 1.54) is 64.9 Å². The number of nitrogens with zero attached hydrogens (tertiary/aromatic N) is 5. The molecule has 0 saturated heterocycles. The van der Waals surface area contributed by atoms with Crippen LogP contribution in [0.1, 0.15) is 0 Å². The van der Waals surface area contributed by atoms with Crippen molar-refractivity contribution >= 4 is 86.7 Å². The Morgan fingerprint density at radius 3 is 1.65 bits per heavy atom. The van der Waals surface area contributed by atoms with Gasteiger partial charge in [-0.25, -0.2) is 15.0 Å². The molecule has 14 rings (SSSR count). The van der Waals surface area contributed by atoms with Crippen molar-refractivity contribution in [1.82, 2.24) is 24.1 Å². The molecular formula is C61H37N5. The third-order valence-corrected chi connectivity index (χ3v) is 13.5. The van der Waals surface area contributed by atoms with Crippen molar-refractivity contribution in [3.05, 3.63) is 224 Å². The summed E-state index contributed by atoms with van der Waals surface area (Å²) in [5, 5.41) is 14.3. The summed E-state index contributed by atoms with van der Waals surface area (Å²) in [4.78, 5) is 16.0. The van der Waals surface area contributed by atoms with E-state index in [1.807, 2.05) is 18.2 Å². The summed E-state index contributed by atoms with van der Waals surface area (Å²) in [6, 6.07) is 80.4. The maximum Gasteiger partial charge on any atom is 0.166 e. The zero-order chi connectivity index (χ0) is 43.3. The Labute approximate surface area is 379 Å². The zero-order valence-corrected chi connectivity index (χ0v) is 35.6. The van der Waals surface area contributed by atoms with Crippen LogP contribution in [0.5, 0.6) is 0 Å². The second kappa shape index (κ2) is 14.3. The molecule has 0 saturated carbocycles. The molecule has 0 N–H and O–H groups in total. The normalized spacial score (nSPS) is 11.9. The number of hydrogen-bond donors (Lipinski definition) is 0. The van der Waals surface area contributed by atoms with Gasteiger partial charge in [0.1, 0.15) is 0 Å². The van der Waals surface area contributed by atoms with Gasteiger partial charge in [0, 0.05) is 38.2 Å². The van der Waals surface area contributed by atoms with Gasteiger partial charge in [0.2, 0.25) is 0 Å². The molecule has 5 nitrogen and oxygen atoms in total. The summed E-state index contributed by atoms with van der Waals surface area (Å²) < 4.78 is 4.90. The van der Waals surface area contributed by atoms with Crippen LogP contribution < -0.4 is 0 Å². The van der Waals surface area contributed by atoms with Crippen LogP contribution in [0.15, 0.2) is 224 Å². The van der Waals surface area contributed by atoms with E-state index in [2.05, 4.69) is 215 Å². The van der Waals surface area contributed by atoms with E-state index < -0.39 is 0 Å².